The van der Waals surface area contributed by atoms with Gasteiger partial charge in [0, 0.05) is 6.54 Å². The number of amides is 3. The highest BCUT2D eigenvalue weighted by atomic mass is 32.3. The van der Waals surface area contributed by atoms with Gasteiger partial charge in [-0.05, 0) is 53.4 Å². The number of carbonyl (C=O) groups excluding carboxylic acids is 2. The first-order valence-electron chi connectivity index (χ1n) is 10.9. The van der Waals surface area contributed by atoms with E-state index in [4.69, 9.17) is 13.7 Å². The lowest BCUT2D eigenvalue weighted by molar-refractivity contribution is -0.0317. The van der Waals surface area contributed by atoms with E-state index in [0.717, 1.165) is 12.8 Å². The van der Waals surface area contributed by atoms with E-state index in [1.165, 1.54) is 4.90 Å². The number of fused-ring (bicyclic) bond motifs is 2. The molecule has 2 aliphatic heterocycles. The summed E-state index contributed by atoms with van der Waals surface area (Å²) >= 11 is 0. The molecule has 3 amide bonds. The molecule has 0 unspecified atom stereocenters. The summed E-state index contributed by atoms with van der Waals surface area (Å²) in [5, 5.41) is 11.5. The number of alkyl carbamates (subject to hydrolysis) is 1. The lowest BCUT2D eigenvalue weighted by atomic mass is 10.0. The van der Waals surface area contributed by atoms with Crippen LogP contribution in [0.2, 0.25) is 0 Å². The number of hydrogen-bond donors (Lipinski definition) is 2. The number of ether oxygens (including phenoxy) is 1. The first-order chi connectivity index (χ1) is 15.7. The van der Waals surface area contributed by atoms with E-state index < -0.39 is 45.7 Å². The maximum atomic E-state index is 12.6. The molecule has 4 rings (SSSR count). The molecule has 0 radical (unpaired) electrons. The molecule has 2 atom stereocenters. The third-order valence-corrected chi connectivity index (χ3v) is 6.01. The lowest BCUT2D eigenvalue weighted by Gasteiger charge is -2.27. The van der Waals surface area contributed by atoms with E-state index in [9.17, 15) is 18.0 Å². The Balaban J connectivity index is 1.39. The van der Waals surface area contributed by atoms with Crippen molar-refractivity contribution in [1.82, 2.24) is 25.5 Å². The monoisotopic (exact) mass is 500 g/mol. The number of amidine groups is 1. The predicted molar refractivity (Wildman–Crippen MR) is 115 cm³/mol. The number of hydrogen-bond acceptors (Lipinski definition) is 10. The fraction of sp³-hybridized carbons (Fsp3) is 0.737. The number of hydroxylamine groups is 2. The number of nitrogens with zero attached hydrogens (tertiary/aromatic N) is 5. The highest BCUT2D eigenvalue weighted by Crippen LogP contribution is 2.43. The molecule has 2 N–H and O–H groups in total. The summed E-state index contributed by atoms with van der Waals surface area (Å²) in [7, 11) is -4.82. The van der Waals surface area contributed by atoms with Crippen molar-refractivity contribution in [2.75, 3.05) is 6.54 Å². The van der Waals surface area contributed by atoms with Crippen LogP contribution in [-0.4, -0.2) is 74.8 Å². The quantitative estimate of drug-likeness (QED) is 0.332. The summed E-state index contributed by atoms with van der Waals surface area (Å²) < 4.78 is 46.5. The van der Waals surface area contributed by atoms with Gasteiger partial charge in [0.05, 0.1) is 18.0 Å². The van der Waals surface area contributed by atoms with Gasteiger partial charge in [0.1, 0.15) is 17.5 Å². The summed E-state index contributed by atoms with van der Waals surface area (Å²) in [5.74, 6) is 1.01. The highest BCUT2D eigenvalue weighted by Gasteiger charge is 2.50. The Labute approximate surface area is 196 Å². The van der Waals surface area contributed by atoms with Crippen molar-refractivity contribution in [1.29, 1.82) is 0 Å². The molecule has 15 heteroatoms. The second-order valence-electron chi connectivity index (χ2n) is 9.77. The van der Waals surface area contributed by atoms with E-state index in [1.807, 2.05) is 0 Å². The summed E-state index contributed by atoms with van der Waals surface area (Å²) in [5.41, 5.74) is -1.07. The van der Waals surface area contributed by atoms with Gasteiger partial charge in [-0.3, -0.25) is 14.9 Å². The second-order valence-corrected chi connectivity index (χ2v) is 10.8. The number of nitrogens with one attached hydrogen (secondary N) is 1. The number of aromatic nitrogens is 2. The van der Waals surface area contributed by atoms with Gasteiger partial charge in [0.2, 0.25) is 11.8 Å². The number of aliphatic imine (C=N–C) groups is 1. The standard InChI is InChI=1S/C19H28N6O8S/c1-11(20-16(26)32-18(2,3)4)21-19(7-8-19)9-14-22-23-15(31-14)13-6-5-12-10-24(13)17(27)25(12)33-34(28,29)30/h12-13H,5-10H2,1-4H3,(H,20,21,26)(H,28,29,30)/t12-,13+/m1/s1. The minimum atomic E-state index is -4.82. The number of rotatable bonds is 6. The van der Waals surface area contributed by atoms with Gasteiger partial charge in [-0.2, -0.15) is 13.5 Å². The zero-order chi connectivity index (χ0) is 24.9. The summed E-state index contributed by atoms with van der Waals surface area (Å²) in [6.07, 6.45) is 2.26. The van der Waals surface area contributed by atoms with Crippen LogP contribution in [-0.2, 0) is 25.8 Å². The molecule has 1 aromatic rings. The topological polar surface area (TPSA) is 177 Å². The summed E-state index contributed by atoms with van der Waals surface area (Å²) in [6, 6.07) is -1.73. The van der Waals surface area contributed by atoms with E-state index >= 15 is 0 Å². The van der Waals surface area contributed by atoms with Crippen LogP contribution in [0.3, 0.4) is 0 Å². The van der Waals surface area contributed by atoms with Crippen LogP contribution in [0.1, 0.15) is 71.2 Å². The van der Waals surface area contributed by atoms with Crippen LogP contribution in [0.25, 0.3) is 0 Å². The smallest absolute Gasteiger partial charge is 0.418 e. The molecule has 2 bridgehead atoms. The molecule has 3 heterocycles. The predicted octanol–water partition coefficient (Wildman–Crippen LogP) is 1.76. The molecule has 1 aromatic heterocycles. The number of carbonyl (C=O) groups is 2. The van der Waals surface area contributed by atoms with Crippen LogP contribution in [0.5, 0.6) is 0 Å². The van der Waals surface area contributed by atoms with Crippen LogP contribution >= 0.6 is 0 Å². The lowest BCUT2D eigenvalue weighted by Crippen LogP contribution is -2.36. The third kappa shape index (κ3) is 5.64. The van der Waals surface area contributed by atoms with Gasteiger partial charge in [0.15, 0.2) is 0 Å². The van der Waals surface area contributed by atoms with E-state index in [0.29, 0.717) is 36.1 Å². The van der Waals surface area contributed by atoms with E-state index in [-0.39, 0.29) is 12.4 Å². The molecule has 34 heavy (non-hydrogen) atoms. The zero-order valence-corrected chi connectivity index (χ0v) is 20.2. The Morgan fingerprint density at radius 1 is 1.32 bits per heavy atom. The van der Waals surface area contributed by atoms with Gasteiger partial charge in [-0.15, -0.1) is 14.5 Å². The largest absolute Gasteiger partial charge is 0.444 e. The maximum Gasteiger partial charge on any atom is 0.418 e. The third-order valence-electron chi connectivity index (χ3n) is 5.66. The second kappa shape index (κ2) is 8.46. The van der Waals surface area contributed by atoms with Crippen LogP contribution in [0, 0.1) is 0 Å². The Kier molecular flexibility index (Phi) is 6.06. The molecule has 1 aliphatic carbocycles. The first kappa shape index (κ1) is 24.3. The molecule has 3 fully saturated rings. The molecular formula is C19H28N6O8S. The van der Waals surface area contributed by atoms with Gasteiger partial charge in [-0.1, -0.05) is 0 Å². The molecule has 188 valence electrons. The van der Waals surface area contributed by atoms with E-state index in [1.54, 1.807) is 27.7 Å². The number of piperidine rings is 1. The van der Waals surface area contributed by atoms with Gasteiger partial charge in [-0.25, -0.2) is 9.59 Å². The first-order valence-corrected chi connectivity index (χ1v) is 12.3. The fourth-order valence-electron chi connectivity index (χ4n) is 4.15. The van der Waals surface area contributed by atoms with Crippen molar-refractivity contribution in [3.63, 3.8) is 0 Å². The summed E-state index contributed by atoms with van der Waals surface area (Å²) in [4.78, 5) is 30.5. The van der Waals surface area contributed by atoms with Gasteiger partial charge in [0.25, 0.3) is 0 Å². The molecule has 14 nitrogen and oxygen atoms in total. The normalized spacial score (nSPS) is 24.4. The average molecular weight is 501 g/mol. The van der Waals surface area contributed by atoms with Crippen molar-refractivity contribution in [2.24, 2.45) is 4.99 Å². The van der Waals surface area contributed by atoms with Crippen molar-refractivity contribution in [3.8, 4) is 0 Å². The van der Waals surface area contributed by atoms with Gasteiger partial charge < -0.3 is 14.1 Å². The SMILES string of the molecule is CC(=NC1(Cc2nnc([C@@H]3CC[C@@H]4CN3C(=O)N4OS(=O)(=O)O)o2)CC1)NC(=O)OC(C)(C)C. The average Bonchev–Trinajstić information content (AvgIpc) is 3.19. The van der Waals surface area contributed by atoms with Crippen molar-refractivity contribution < 1.29 is 36.0 Å². The number of urea groups is 1. The van der Waals surface area contributed by atoms with Crippen molar-refractivity contribution in [3.05, 3.63) is 11.8 Å². The summed E-state index contributed by atoms with van der Waals surface area (Å²) in [6.45, 7) is 7.21. The minimum absolute atomic E-state index is 0.209. The Bertz CT molecular complexity index is 1110. The molecule has 0 aromatic carbocycles. The van der Waals surface area contributed by atoms with Crippen LogP contribution in [0.4, 0.5) is 9.59 Å². The van der Waals surface area contributed by atoms with Crippen LogP contribution < -0.4 is 5.32 Å². The fourth-order valence-corrected chi connectivity index (χ4v) is 4.54. The van der Waals surface area contributed by atoms with Crippen LogP contribution in [0.15, 0.2) is 9.41 Å². The van der Waals surface area contributed by atoms with Crippen molar-refractivity contribution in [2.45, 2.75) is 83.0 Å². The van der Waals surface area contributed by atoms with Gasteiger partial charge >= 0.3 is 22.5 Å². The van der Waals surface area contributed by atoms with Crippen molar-refractivity contribution >= 4 is 28.4 Å². The molecular weight excluding hydrogens is 472 g/mol. The molecule has 0 spiro atoms. The maximum absolute atomic E-state index is 12.6. The Morgan fingerprint density at radius 2 is 2.03 bits per heavy atom. The highest BCUT2D eigenvalue weighted by molar-refractivity contribution is 7.80. The molecule has 2 saturated heterocycles. The Hall–Kier alpha value is -2.78. The van der Waals surface area contributed by atoms with E-state index in [2.05, 4.69) is 24.8 Å². The minimum Gasteiger partial charge on any atom is -0.444 e. The zero-order valence-electron chi connectivity index (χ0n) is 19.3. The molecule has 1 saturated carbocycles. The Morgan fingerprint density at radius 3 is 2.65 bits per heavy atom. The molecule has 3 aliphatic rings.